The first-order chi connectivity index (χ1) is 46.7. The minimum absolute atomic E-state index is 0.0698. The van der Waals surface area contributed by atoms with Gasteiger partial charge in [-0.05, 0) is 210 Å². The lowest BCUT2D eigenvalue weighted by molar-refractivity contribution is 0.590. The molecule has 2 aliphatic rings. The second-order valence-electron chi connectivity index (χ2n) is 30.4. The Hall–Kier alpha value is -10.1. The van der Waals surface area contributed by atoms with Gasteiger partial charge in [-0.2, -0.15) is 0 Å². The van der Waals surface area contributed by atoms with Crippen LogP contribution in [0.5, 0.6) is 0 Å². The average Bonchev–Trinajstić information content (AvgIpc) is 0.760. The van der Waals surface area contributed by atoms with Gasteiger partial charge >= 0.3 is 0 Å². The number of rotatable bonds is 7. The number of aromatic nitrogens is 2. The highest BCUT2D eigenvalue weighted by Gasteiger charge is 2.44. The van der Waals surface area contributed by atoms with Crippen LogP contribution in [0.1, 0.15) is 116 Å². The minimum atomic E-state index is -0.319. The predicted octanol–water partition coefficient (Wildman–Crippen LogP) is 22.5. The molecule has 16 rings (SSSR count). The molecule has 460 valence electrons. The van der Waals surface area contributed by atoms with Crippen LogP contribution in [0, 0.1) is 6.92 Å². The van der Waals surface area contributed by atoms with E-state index in [1.807, 2.05) is 0 Å². The number of nitrogens with zero attached hydrogens (tertiary/aromatic N) is 4. The fraction of sp³-hybridized carbons (Fsp3) is 0.191. The SMILES string of the molecule is [2H]c1c([2H])c(C)c([2H])c(-c2cc3c4c(c2)N(c2ccc(-c5ccccc5)cc2)c2cc(-n5c6ccc(C(C)(C)C)cc6c6cc(C(C)(C)C)ccc65)ccc2B4c2ccc(-n4c5ccc(C(C)(C)C)cc5c5cc(C(C)(C)C)ccc54)cc2N3c2ccc(-c3ccccc3)cc2)c1[2H]. The largest absolute Gasteiger partial charge is 0.311 e. The smallest absolute Gasteiger partial charge is 0.252 e. The van der Waals surface area contributed by atoms with Crippen molar-refractivity contribution in [1.82, 2.24) is 9.13 Å². The molecule has 0 amide bonds. The van der Waals surface area contributed by atoms with Crippen LogP contribution in [0.2, 0.25) is 0 Å². The Morgan fingerprint density at radius 2 is 0.649 bits per heavy atom. The average molecular weight is 1220 g/mol. The van der Waals surface area contributed by atoms with Crippen LogP contribution in [-0.4, -0.2) is 15.8 Å². The molecule has 0 aliphatic carbocycles. The van der Waals surface area contributed by atoms with Crippen LogP contribution in [0.3, 0.4) is 0 Å². The molecular weight excluding hydrogens is 1140 g/mol. The topological polar surface area (TPSA) is 16.3 Å². The highest BCUT2D eigenvalue weighted by atomic mass is 15.2. The Bertz CT molecular complexity index is 5120. The lowest BCUT2D eigenvalue weighted by atomic mass is 9.33. The Labute approximate surface area is 561 Å². The van der Waals surface area contributed by atoms with E-state index in [2.05, 4.69) is 333 Å². The molecule has 4 nitrogen and oxygen atoms in total. The minimum Gasteiger partial charge on any atom is -0.311 e. The number of hydrogen-bond acceptors (Lipinski definition) is 2. The molecule has 5 heteroatoms. The van der Waals surface area contributed by atoms with Gasteiger partial charge in [-0.15, -0.1) is 0 Å². The molecule has 2 aliphatic heterocycles. The molecule has 0 fully saturated rings. The van der Waals surface area contributed by atoms with E-state index < -0.39 is 0 Å². The molecule has 4 heterocycles. The quantitative estimate of drug-likeness (QED) is 0.148. The van der Waals surface area contributed by atoms with Crippen molar-refractivity contribution in [2.24, 2.45) is 0 Å². The maximum absolute atomic E-state index is 9.92. The zero-order valence-corrected chi connectivity index (χ0v) is 56.3. The fourth-order valence-electron chi connectivity index (χ4n) is 14.9. The molecule has 0 unspecified atom stereocenters. The van der Waals surface area contributed by atoms with E-state index in [1.54, 1.807) is 6.92 Å². The lowest BCUT2D eigenvalue weighted by Crippen LogP contribution is -2.61. The Kier molecular flexibility index (Phi) is 12.4. The molecule has 12 aromatic carbocycles. The third-order valence-corrected chi connectivity index (χ3v) is 20.1. The first-order valence-corrected chi connectivity index (χ1v) is 33.3. The van der Waals surface area contributed by atoms with E-state index >= 15 is 0 Å². The monoisotopic (exact) mass is 1220 g/mol. The van der Waals surface area contributed by atoms with Crippen molar-refractivity contribution in [2.75, 3.05) is 9.80 Å². The number of benzene rings is 12. The summed E-state index contributed by atoms with van der Waals surface area (Å²) in [5.41, 5.74) is 26.2. The van der Waals surface area contributed by atoms with E-state index in [1.165, 1.54) is 43.8 Å². The third kappa shape index (κ3) is 9.80. The normalized spacial score (nSPS) is 13.9. The standard InChI is InChI=1S/C89H81BN4/c1-56-21-20-26-61(47-56)62-48-83-85-84(49-62)92(68-37-29-60(30-38-68)58-24-18-15-19-25-58)82-55-70(94-79-45-33-65(88(8,9)10)52-73(79)74-53-66(89(11,12)13)34-46-80(74)94)40-42-76(82)90(85)75-41-39-69(54-81(75)91(83)67-35-27-59(28-36-67)57-22-16-14-17-23-57)93-77-43-31-63(86(2,3)4)50-71(77)72-51-64(87(5,6)7)32-44-78(72)93/h14-55H,1-13H3/i20D,21D,26D,47D. The summed E-state index contributed by atoms with van der Waals surface area (Å²) in [4.78, 5) is 4.84. The summed E-state index contributed by atoms with van der Waals surface area (Å²) in [7, 11) is 0. The molecule has 0 N–H and O–H groups in total. The van der Waals surface area contributed by atoms with E-state index in [4.69, 9.17) is 1.37 Å². The predicted molar refractivity (Wildman–Crippen MR) is 405 cm³/mol. The summed E-state index contributed by atoms with van der Waals surface area (Å²) in [6, 6.07) is 85.2. The molecule has 0 atom stereocenters. The van der Waals surface area contributed by atoms with Crippen LogP contribution >= 0.6 is 0 Å². The summed E-state index contributed by atoms with van der Waals surface area (Å²) < 4.78 is 43.0. The molecular formula is C89H81BN4. The highest BCUT2D eigenvalue weighted by Crippen LogP contribution is 2.49. The maximum Gasteiger partial charge on any atom is 0.252 e. The van der Waals surface area contributed by atoms with Crippen LogP contribution in [0.4, 0.5) is 34.1 Å². The zero-order valence-electron chi connectivity index (χ0n) is 60.3. The van der Waals surface area contributed by atoms with Crippen molar-refractivity contribution in [3.05, 3.63) is 283 Å². The first-order valence-electron chi connectivity index (χ1n) is 35.3. The van der Waals surface area contributed by atoms with Crippen molar-refractivity contribution in [1.29, 1.82) is 0 Å². The van der Waals surface area contributed by atoms with Gasteiger partial charge < -0.3 is 18.9 Å². The van der Waals surface area contributed by atoms with Gasteiger partial charge in [0.25, 0.3) is 6.71 Å². The second-order valence-corrected chi connectivity index (χ2v) is 30.4. The number of anilines is 6. The number of fused-ring (bicyclic) bond motifs is 10. The van der Waals surface area contributed by atoms with Crippen molar-refractivity contribution in [3.63, 3.8) is 0 Å². The Morgan fingerprint density at radius 1 is 0.309 bits per heavy atom. The van der Waals surface area contributed by atoms with Crippen LogP contribution in [0.15, 0.2) is 255 Å². The first kappa shape index (κ1) is 54.5. The van der Waals surface area contributed by atoms with Gasteiger partial charge in [-0.25, -0.2) is 0 Å². The molecule has 94 heavy (non-hydrogen) atoms. The molecule has 0 bridgehead atoms. The van der Waals surface area contributed by atoms with E-state index in [9.17, 15) is 4.11 Å². The van der Waals surface area contributed by atoms with Gasteiger partial charge in [-0.1, -0.05) is 234 Å². The number of hydrogen-bond donors (Lipinski definition) is 0. The maximum atomic E-state index is 9.92. The summed E-state index contributed by atoms with van der Waals surface area (Å²) in [5.74, 6) is 0. The summed E-state index contributed by atoms with van der Waals surface area (Å²) in [6.45, 7) is 28.9. The summed E-state index contributed by atoms with van der Waals surface area (Å²) >= 11 is 0. The fourth-order valence-corrected chi connectivity index (χ4v) is 14.9. The summed E-state index contributed by atoms with van der Waals surface area (Å²) in [6.07, 6.45) is 0. The zero-order chi connectivity index (χ0) is 68.4. The highest BCUT2D eigenvalue weighted by molar-refractivity contribution is 7.00. The van der Waals surface area contributed by atoms with Crippen molar-refractivity contribution < 1.29 is 5.48 Å². The van der Waals surface area contributed by atoms with Crippen molar-refractivity contribution in [2.45, 2.75) is 112 Å². The Balaban J connectivity index is 1.02. The Morgan fingerprint density at radius 3 is 1.00 bits per heavy atom. The van der Waals surface area contributed by atoms with E-state index in [0.29, 0.717) is 16.7 Å². The van der Waals surface area contributed by atoms with Gasteiger partial charge in [0, 0.05) is 67.0 Å². The van der Waals surface area contributed by atoms with Crippen molar-refractivity contribution >= 4 is 101 Å². The molecule has 14 aromatic rings. The molecule has 0 saturated heterocycles. The van der Waals surface area contributed by atoms with Gasteiger partial charge in [-0.3, -0.25) is 0 Å². The second kappa shape index (κ2) is 21.5. The molecule has 2 aromatic heterocycles. The van der Waals surface area contributed by atoms with Crippen LogP contribution < -0.4 is 26.2 Å². The van der Waals surface area contributed by atoms with Gasteiger partial charge in [0.1, 0.15) is 0 Å². The molecule has 0 radical (unpaired) electrons. The molecule has 0 saturated carbocycles. The van der Waals surface area contributed by atoms with E-state index in [0.717, 1.165) is 106 Å². The van der Waals surface area contributed by atoms with Crippen LogP contribution in [0.25, 0.3) is 88.4 Å². The lowest BCUT2D eigenvalue weighted by Gasteiger charge is -2.44. The van der Waals surface area contributed by atoms with Crippen molar-refractivity contribution in [3.8, 4) is 44.8 Å². The van der Waals surface area contributed by atoms with E-state index in [-0.39, 0.29) is 52.5 Å². The van der Waals surface area contributed by atoms with Crippen LogP contribution in [-0.2, 0) is 21.7 Å². The van der Waals surface area contributed by atoms with Gasteiger partial charge in [0.05, 0.1) is 27.5 Å². The third-order valence-electron chi connectivity index (χ3n) is 20.1. The van der Waals surface area contributed by atoms with Gasteiger partial charge in [0.2, 0.25) is 0 Å². The molecule has 0 spiro atoms. The van der Waals surface area contributed by atoms with Gasteiger partial charge in [0.15, 0.2) is 0 Å². The summed E-state index contributed by atoms with van der Waals surface area (Å²) in [5, 5.41) is 4.85.